The van der Waals surface area contributed by atoms with Crippen molar-refractivity contribution in [3.8, 4) is 0 Å². The van der Waals surface area contributed by atoms with Crippen LogP contribution in [0.4, 0.5) is 0 Å². The normalized spacial score (nSPS) is 10.6. The van der Waals surface area contributed by atoms with Crippen LogP contribution in [0.3, 0.4) is 0 Å². The van der Waals surface area contributed by atoms with Crippen molar-refractivity contribution in [2.75, 3.05) is 13.7 Å². The van der Waals surface area contributed by atoms with E-state index in [0.29, 0.717) is 11.8 Å². The lowest BCUT2D eigenvalue weighted by molar-refractivity contribution is -0.139. The molecule has 1 aromatic rings. The number of ether oxygens (including phenoxy) is 1. The number of thioether (sulfide) groups is 1. The van der Waals surface area contributed by atoms with Gasteiger partial charge in [0.1, 0.15) is 0 Å². The van der Waals surface area contributed by atoms with Gasteiger partial charge in [0.2, 0.25) is 0 Å². The van der Waals surface area contributed by atoms with Gasteiger partial charge in [-0.2, -0.15) is 0 Å². The first-order valence-electron chi connectivity index (χ1n) is 5.65. The van der Waals surface area contributed by atoms with Crippen molar-refractivity contribution in [1.29, 1.82) is 0 Å². The molecule has 0 heterocycles. The summed E-state index contributed by atoms with van der Waals surface area (Å²) in [5, 5.41) is 3.63. The van der Waals surface area contributed by atoms with Gasteiger partial charge in [0.15, 0.2) is 0 Å². The van der Waals surface area contributed by atoms with Crippen LogP contribution in [-0.4, -0.2) is 24.9 Å². The number of nitrogens with one attached hydrogen (secondary N) is 1. The van der Waals surface area contributed by atoms with E-state index in [-0.39, 0.29) is 12.5 Å². The Morgan fingerprint density at radius 3 is 2.53 bits per heavy atom. The second kappa shape index (κ2) is 7.35. The number of benzene rings is 1. The zero-order valence-electron chi connectivity index (χ0n) is 10.5. The third kappa shape index (κ3) is 5.75. The molecular weight excluding hydrogens is 234 g/mol. The molecule has 0 radical (unpaired) electrons. The Bertz CT molecular complexity index is 349. The van der Waals surface area contributed by atoms with Gasteiger partial charge in [-0.25, -0.2) is 0 Å². The van der Waals surface area contributed by atoms with Crippen LogP contribution in [-0.2, 0) is 16.1 Å². The lowest BCUT2D eigenvalue weighted by atomic mass is 10.2. The monoisotopic (exact) mass is 253 g/mol. The van der Waals surface area contributed by atoms with Crippen molar-refractivity contribution >= 4 is 17.7 Å². The summed E-state index contributed by atoms with van der Waals surface area (Å²) >= 11 is 1.84. The molecule has 0 aliphatic heterocycles. The number of methoxy groups -OCH3 is 1. The maximum absolute atomic E-state index is 10.9. The van der Waals surface area contributed by atoms with E-state index in [1.807, 2.05) is 11.8 Å². The summed E-state index contributed by atoms with van der Waals surface area (Å²) in [7, 11) is 1.39. The molecule has 0 fully saturated rings. The van der Waals surface area contributed by atoms with Crippen LogP contribution >= 0.6 is 11.8 Å². The van der Waals surface area contributed by atoms with Crippen LogP contribution in [0.2, 0.25) is 0 Å². The van der Waals surface area contributed by atoms with E-state index in [1.165, 1.54) is 17.6 Å². The maximum atomic E-state index is 10.9. The first-order chi connectivity index (χ1) is 8.11. The Morgan fingerprint density at radius 1 is 1.35 bits per heavy atom. The summed E-state index contributed by atoms with van der Waals surface area (Å²) < 4.78 is 4.55. The largest absolute Gasteiger partial charge is 0.468 e. The molecule has 94 valence electrons. The minimum atomic E-state index is -0.239. The van der Waals surface area contributed by atoms with E-state index in [2.05, 4.69) is 48.2 Å². The SMILES string of the molecule is COC(=O)CNCc1ccc(SC(C)C)cc1. The molecule has 0 atom stereocenters. The minimum absolute atomic E-state index is 0.239. The number of carbonyl (C=O) groups is 1. The molecule has 0 saturated heterocycles. The van der Waals surface area contributed by atoms with Gasteiger partial charge in [0, 0.05) is 16.7 Å². The molecule has 3 nitrogen and oxygen atoms in total. The topological polar surface area (TPSA) is 38.3 Å². The molecule has 4 heteroatoms. The predicted molar refractivity (Wildman–Crippen MR) is 71.2 cm³/mol. The highest BCUT2D eigenvalue weighted by molar-refractivity contribution is 7.99. The molecule has 1 N–H and O–H groups in total. The summed E-state index contributed by atoms with van der Waals surface area (Å²) in [4.78, 5) is 12.2. The smallest absolute Gasteiger partial charge is 0.319 e. The van der Waals surface area contributed by atoms with Gasteiger partial charge < -0.3 is 10.1 Å². The zero-order valence-corrected chi connectivity index (χ0v) is 11.3. The summed E-state index contributed by atoms with van der Waals surface area (Å²) in [5.74, 6) is -0.239. The van der Waals surface area contributed by atoms with E-state index < -0.39 is 0 Å². The van der Waals surface area contributed by atoms with E-state index >= 15 is 0 Å². The van der Waals surface area contributed by atoms with Gasteiger partial charge in [-0.1, -0.05) is 26.0 Å². The average molecular weight is 253 g/mol. The highest BCUT2D eigenvalue weighted by atomic mass is 32.2. The van der Waals surface area contributed by atoms with Crippen LogP contribution in [0.15, 0.2) is 29.2 Å². The van der Waals surface area contributed by atoms with Gasteiger partial charge in [-0.3, -0.25) is 4.79 Å². The van der Waals surface area contributed by atoms with Crippen molar-refractivity contribution in [2.45, 2.75) is 30.5 Å². The van der Waals surface area contributed by atoms with E-state index in [4.69, 9.17) is 0 Å². The summed E-state index contributed by atoms with van der Waals surface area (Å²) in [6.45, 7) is 5.29. The lowest BCUT2D eigenvalue weighted by Gasteiger charge is -2.07. The first-order valence-corrected chi connectivity index (χ1v) is 6.53. The van der Waals surface area contributed by atoms with Gasteiger partial charge in [-0.05, 0) is 17.7 Å². The lowest BCUT2D eigenvalue weighted by Crippen LogP contribution is -2.23. The van der Waals surface area contributed by atoms with Crippen LogP contribution < -0.4 is 5.32 Å². The van der Waals surface area contributed by atoms with Gasteiger partial charge in [0.05, 0.1) is 13.7 Å². The standard InChI is InChI=1S/C13H19NO2S/c1-10(2)17-12-6-4-11(5-7-12)8-14-9-13(15)16-3/h4-7,10,14H,8-9H2,1-3H3. The van der Waals surface area contributed by atoms with Crippen LogP contribution in [0.5, 0.6) is 0 Å². The quantitative estimate of drug-likeness (QED) is 0.624. The highest BCUT2D eigenvalue weighted by Gasteiger charge is 2.00. The molecule has 0 saturated carbocycles. The Hall–Kier alpha value is -1.00. The van der Waals surface area contributed by atoms with E-state index in [0.717, 1.165) is 0 Å². The number of hydrogen-bond acceptors (Lipinski definition) is 4. The molecule has 0 aliphatic carbocycles. The maximum Gasteiger partial charge on any atom is 0.319 e. The number of carbonyl (C=O) groups excluding carboxylic acids is 1. The fourth-order valence-electron chi connectivity index (χ4n) is 1.34. The van der Waals surface area contributed by atoms with Gasteiger partial charge >= 0.3 is 5.97 Å². The van der Waals surface area contributed by atoms with Crippen LogP contribution in [0.25, 0.3) is 0 Å². The van der Waals surface area contributed by atoms with Crippen molar-refractivity contribution < 1.29 is 9.53 Å². The van der Waals surface area contributed by atoms with E-state index in [1.54, 1.807) is 0 Å². The molecule has 0 bridgehead atoms. The molecule has 17 heavy (non-hydrogen) atoms. The second-order valence-corrected chi connectivity index (χ2v) is 5.64. The van der Waals surface area contributed by atoms with Crippen LogP contribution in [0.1, 0.15) is 19.4 Å². The molecule has 0 unspecified atom stereocenters. The zero-order chi connectivity index (χ0) is 12.7. The molecule has 1 aromatic carbocycles. The summed E-state index contributed by atoms with van der Waals surface area (Å²) in [5.41, 5.74) is 1.17. The summed E-state index contributed by atoms with van der Waals surface area (Å²) in [6.07, 6.45) is 0. The van der Waals surface area contributed by atoms with Gasteiger partial charge in [0.25, 0.3) is 0 Å². The fourth-order valence-corrected chi connectivity index (χ4v) is 2.18. The molecule has 0 aromatic heterocycles. The molecular formula is C13H19NO2S. The number of rotatable bonds is 6. The third-order valence-electron chi connectivity index (χ3n) is 2.12. The Morgan fingerprint density at radius 2 is 2.00 bits per heavy atom. The molecule has 1 rings (SSSR count). The van der Waals surface area contributed by atoms with Crippen LogP contribution in [0, 0.1) is 0 Å². The van der Waals surface area contributed by atoms with Crippen molar-refractivity contribution in [1.82, 2.24) is 5.32 Å². The summed E-state index contributed by atoms with van der Waals surface area (Å²) in [6, 6.07) is 8.38. The van der Waals surface area contributed by atoms with Crippen molar-refractivity contribution in [2.24, 2.45) is 0 Å². The minimum Gasteiger partial charge on any atom is -0.468 e. The fraction of sp³-hybridized carbons (Fsp3) is 0.462. The Kier molecular flexibility index (Phi) is 6.08. The molecule has 0 aliphatic rings. The molecule has 0 amide bonds. The average Bonchev–Trinajstić information content (AvgIpc) is 2.30. The number of esters is 1. The first kappa shape index (κ1) is 14.1. The highest BCUT2D eigenvalue weighted by Crippen LogP contribution is 2.22. The Labute approximate surface area is 107 Å². The molecule has 0 spiro atoms. The van der Waals surface area contributed by atoms with Crippen molar-refractivity contribution in [3.05, 3.63) is 29.8 Å². The van der Waals surface area contributed by atoms with Gasteiger partial charge in [-0.15, -0.1) is 11.8 Å². The Balaban J connectivity index is 2.37. The van der Waals surface area contributed by atoms with Crippen molar-refractivity contribution in [3.63, 3.8) is 0 Å². The second-order valence-electron chi connectivity index (χ2n) is 3.99. The number of hydrogen-bond donors (Lipinski definition) is 1. The predicted octanol–water partition coefficient (Wildman–Crippen LogP) is 2.45. The third-order valence-corrected chi connectivity index (χ3v) is 3.14. The van der Waals surface area contributed by atoms with E-state index in [9.17, 15) is 4.79 Å².